The van der Waals surface area contributed by atoms with Crippen LogP contribution < -0.4 is 15.5 Å². The van der Waals surface area contributed by atoms with Crippen molar-refractivity contribution >= 4 is 29.0 Å². The number of hydrogen-bond donors (Lipinski definition) is 2. The Morgan fingerprint density at radius 2 is 2.07 bits per heavy atom. The van der Waals surface area contributed by atoms with Crippen LogP contribution in [0.2, 0.25) is 0 Å². The van der Waals surface area contributed by atoms with Crippen molar-refractivity contribution in [1.82, 2.24) is 9.97 Å². The predicted octanol–water partition coefficient (Wildman–Crippen LogP) is 2.30. The molecule has 0 unspecified atom stereocenters. The Morgan fingerprint density at radius 1 is 1.21 bits per heavy atom. The molecule has 2 N–H and O–H groups in total. The van der Waals surface area contributed by atoms with Crippen LogP contribution in [0.4, 0.5) is 17.2 Å². The molecule has 2 aromatic rings. The van der Waals surface area contributed by atoms with Crippen LogP contribution in [0, 0.1) is 5.92 Å². The lowest BCUT2D eigenvalue weighted by atomic mass is 10.2. The molecule has 0 bridgehead atoms. The van der Waals surface area contributed by atoms with Crippen molar-refractivity contribution in [3.63, 3.8) is 0 Å². The lowest BCUT2D eigenvalue weighted by Crippen LogP contribution is -2.41. The number of anilines is 3. The van der Waals surface area contributed by atoms with Gasteiger partial charge in [0.2, 0.25) is 5.91 Å². The summed E-state index contributed by atoms with van der Waals surface area (Å²) >= 11 is 0. The van der Waals surface area contributed by atoms with Gasteiger partial charge in [0.25, 0.3) is 5.91 Å². The van der Waals surface area contributed by atoms with Gasteiger partial charge < -0.3 is 20.3 Å². The van der Waals surface area contributed by atoms with E-state index in [9.17, 15) is 9.59 Å². The van der Waals surface area contributed by atoms with Crippen LogP contribution in [-0.2, 0) is 9.53 Å². The minimum Gasteiger partial charge on any atom is -0.375 e. The standard InChI is InChI=1S/C20H23N5O3/c1-13-12-25(8-9-28-13)17-5-6-21-11-16(17)23-20(27)15-4-7-22-18(10-15)24-19(26)14-2-3-14/h4-7,10-11,13-14H,2-3,8-9,12H2,1H3,(H,23,27)(H,22,24,26)/t13-/m1/s1. The Balaban J connectivity index is 1.48. The maximum atomic E-state index is 12.8. The third-order valence-corrected chi connectivity index (χ3v) is 4.85. The van der Waals surface area contributed by atoms with Crippen molar-refractivity contribution in [3.8, 4) is 0 Å². The van der Waals surface area contributed by atoms with E-state index in [0.29, 0.717) is 23.7 Å². The first-order chi connectivity index (χ1) is 13.6. The summed E-state index contributed by atoms with van der Waals surface area (Å²) in [5.74, 6) is 0.145. The normalized spacial score (nSPS) is 19.2. The van der Waals surface area contributed by atoms with Crippen molar-refractivity contribution in [3.05, 3.63) is 42.4 Å². The first kappa shape index (κ1) is 18.4. The third-order valence-electron chi connectivity index (χ3n) is 4.85. The summed E-state index contributed by atoms with van der Waals surface area (Å²) in [5, 5.41) is 5.70. The Kier molecular flexibility index (Phi) is 5.21. The zero-order valence-electron chi connectivity index (χ0n) is 15.7. The fraction of sp³-hybridized carbons (Fsp3) is 0.400. The van der Waals surface area contributed by atoms with Gasteiger partial charge in [0.15, 0.2) is 0 Å². The van der Waals surface area contributed by atoms with Gasteiger partial charge in [-0.1, -0.05) is 0 Å². The van der Waals surface area contributed by atoms with Gasteiger partial charge >= 0.3 is 0 Å². The van der Waals surface area contributed by atoms with Gasteiger partial charge in [0.05, 0.1) is 30.3 Å². The molecule has 1 aliphatic heterocycles. The van der Waals surface area contributed by atoms with Crippen LogP contribution in [0.25, 0.3) is 0 Å². The van der Waals surface area contributed by atoms with Crippen LogP contribution in [-0.4, -0.2) is 47.6 Å². The van der Waals surface area contributed by atoms with Crippen molar-refractivity contribution in [2.75, 3.05) is 35.2 Å². The van der Waals surface area contributed by atoms with E-state index in [1.165, 1.54) is 6.20 Å². The summed E-state index contributed by atoms with van der Waals surface area (Å²) in [5.41, 5.74) is 1.98. The van der Waals surface area contributed by atoms with E-state index >= 15 is 0 Å². The summed E-state index contributed by atoms with van der Waals surface area (Å²) in [6, 6.07) is 5.10. The van der Waals surface area contributed by atoms with Gasteiger partial charge in [-0.25, -0.2) is 4.98 Å². The SMILES string of the molecule is C[C@@H]1CN(c2ccncc2NC(=O)c2ccnc(NC(=O)C3CC3)c2)CCO1. The van der Waals surface area contributed by atoms with Crippen molar-refractivity contribution < 1.29 is 14.3 Å². The van der Waals surface area contributed by atoms with E-state index in [1.807, 2.05) is 13.0 Å². The highest BCUT2D eigenvalue weighted by molar-refractivity contribution is 6.06. The zero-order valence-corrected chi connectivity index (χ0v) is 15.7. The van der Waals surface area contributed by atoms with Crippen LogP contribution in [0.1, 0.15) is 30.1 Å². The Morgan fingerprint density at radius 3 is 2.86 bits per heavy atom. The summed E-state index contributed by atoms with van der Waals surface area (Å²) in [6.45, 7) is 4.18. The minimum absolute atomic E-state index is 0.0407. The third kappa shape index (κ3) is 4.28. The highest BCUT2D eigenvalue weighted by atomic mass is 16.5. The summed E-state index contributed by atoms with van der Waals surface area (Å²) < 4.78 is 5.60. The molecule has 2 aromatic heterocycles. The Hall–Kier alpha value is -3.00. The molecule has 1 atom stereocenters. The number of carbonyl (C=O) groups excluding carboxylic acids is 2. The van der Waals surface area contributed by atoms with E-state index in [-0.39, 0.29) is 23.8 Å². The van der Waals surface area contributed by atoms with Gasteiger partial charge in [-0.15, -0.1) is 0 Å². The highest BCUT2D eigenvalue weighted by Crippen LogP contribution is 2.30. The molecule has 0 aromatic carbocycles. The van der Waals surface area contributed by atoms with Crippen molar-refractivity contribution in [1.29, 1.82) is 0 Å². The molecule has 2 fully saturated rings. The lowest BCUT2D eigenvalue weighted by Gasteiger charge is -2.33. The van der Waals surface area contributed by atoms with Gasteiger partial charge in [-0.2, -0.15) is 0 Å². The number of amides is 2. The van der Waals surface area contributed by atoms with E-state index in [4.69, 9.17) is 4.74 Å². The average molecular weight is 381 g/mol. The number of hydrogen-bond acceptors (Lipinski definition) is 6. The number of nitrogens with one attached hydrogen (secondary N) is 2. The van der Waals surface area contributed by atoms with Gasteiger partial charge in [0.1, 0.15) is 5.82 Å². The number of nitrogens with zero attached hydrogens (tertiary/aromatic N) is 3. The smallest absolute Gasteiger partial charge is 0.255 e. The fourth-order valence-corrected chi connectivity index (χ4v) is 3.20. The van der Waals surface area contributed by atoms with E-state index < -0.39 is 0 Å². The summed E-state index contributed by atoms with van der Waals surface area (Å²) in [4.78, 5) is 35.2. The second-order valence-electron chi connectivity index (χ2n) is 7.17. The van der Waals surface area contributed by atoms with Gasteiger partial charge in [-0.3, -0.25) is 14.6 Å². The molecule has 8 heteroatoms. The molecule has 4 rings (SSSR count). The molecule has 1 saturated heterocycles. The summed E-state index contributed by atoms with van der Waals surface area (Å²) in [7, 11) is 0. The van der Waals surface area contributed by atoms with Crippen molar-refractivity contribution in [2.24, 2.45) is 5.92 Å². The van der Waals surface area contributed by atoms with E-state index in [2.05, 4.69) is 25.5 Å². The second kappa shape index (κ2) is 7.93. The maximum Gasteiger partial charge on any atom is 0.255 e. The highest BCUT2D eigenvalue weighted by Gasteiger charge is 2.30. The first-order valence-electron chi connectivity index (χ1n) is 9.49. The Bertz CT molecular complexity index is 884. The minimum atomic E-state index is -0.278. The zero-order chi connectivity index (χ0) is 19.5. The quantitative estimate of drug-likeness (QED) is 0.825. The number of pyridine rings is 2. The Labute approximate surface area is 163 Å². The molecule has 8 nitrogen and oxygen atoms in total. The predicted molar refractivity (Wildman–Crippen MR) is 105 cm³/mol. The van der Waals surface area contributed by atoms with Crippen molar-refractivity contribution in [2.45, 2.75) is 25.9 Å². The molecule has 3 heterocycles. The number of carbonyl (C=O) groups is 2. The molecule has 1 aliphatic carbocycles. The van der Waals surface area contributed by atoms with Crippen LogP contribution >= 0.6 is 0 Å². The number of rotatable bonds is 5. The molecule has 0 spiro atoms. The molecule has 2 amide bonds. The van der Waals surface area contributed by atoms with Gasteiger partial charge in [-0.05, 0) is 38.0 Å². The van der Waals surface area contributed by atoms with Crippen LogP contribution in [0.3, 0.4) is 0 Å². The molecule has 0 radical (unpaired) electrons. The lowest BCUT2D eigenvalue weighted by molar-refractivity contribution is -0.117. The molecular formula is C20H23N5O3. The molecule has 2 aliphatic rings. The van der Waals surface area contributed by atoms with Gasteiger partial charge in [0, 0.05) is 37.0 Å². The summed E-state index contributed by atoms with van der Waals surface area (Å²) in [6.07, 6.45) is 6.83. The average Bonchev–Trinajstić information content (AvgIpc) is 3.54. The molecule has 146 valence electrons. The van der Waals surface area contributed by atoms with Crippen LogP contribution in [0.15, 0.2) is 36.8 Å². The number of ether oxygens (including phenoxy) is 1. The molecule has 28 heavy (non-hydrogen) atoms. The monoisotopic (exact) mass is 381 g/mol. The number of morpholine rings is 1. The largest absolute Gasteiger partial charge is 0.375 e. The molecular weight excluding hydrogens is 358 g/mol. The second-order valence-corrected chi connectivity index (χ2v) is 7.17. The number of aromatic nitrogens is 2. The fourth-order valence-electron chi connectivity index (χ4n) is 3.20. The van der Waals surface area contributed by atoms with E-state index in [0.717, 1.165) is 31.6 Å². The topological polar surface area (TPSA) is 96.5 Å². The first-order valence-corrected chi connectivity index (χ1v) is 9.49. The maximum absolute atomic E-state index is 12.8. The molecule has 1 saturated carbocycles. The van der Waals surface area contributed by atoms with E-state index in [1.54, 1.807) is 24.5 Å². The van der Waals surface area contributed by atoms with Crippen LogP contribution in [0.5, 0.6) is 0 Å².